The minimum absolute atomic E-state index is 0.583. The predicted octanol–water partition coefficient (Wildman–Crippen LogP) is 13.0. The first-order valence-corrected chi connectivity index (χ1v) is 17.2. The molecule has 0 saturated heterocycles. The Morgan fingerprint density at radius 2 is 0.882 bits per heavy atom. The van der Waals surface area contributed by atoms with Crippen LogP contribution in [0.3, 0.4) is 0 Å². The van der Waals surface area contributed by atoms with Gasteiger partial charge in [0.2, 0.25) is 5.71 Å². The van der Waals surface area contributed by atoms with Gasteiger partial charge in [-0.05, 0) is 79.2 Å². The molecule has 3 nitrogen and oxygen atoms in total. The van der Waals surface area contributed by atoms with Gasteiger partial charge in [0.05, 0.1) is 11.1 Å². The van der Waals surface area contributed by atoms with Crippen molar-refractivity contribution in [1.29, 1.82) is 0 Å². The smallest absolute Gasteiger partial charge is 0.231 e. The van der Waals surface area contributed by atoms with Crippen molar-refractivity contribution in [3.05, 3.63) is 182 Å². The molecule has 0 spiro atoms. The van der Waals surface area contributed by atoms with Crippen LogP contribution in [-0.4, -0.2) is 9.97 Å². The van der Waals surface area contributed by atoms with Crippen LogP contribution in [0.25, 0.3) is 99.6 Å². The number of rotatable bonds is 5. The third kappa shape index (κ3) is 5.15. The molecule has 51 heavy (non-hydrogen) atoms. The number of hydrogen-bond donors (Lipinski definition) is 0. The standard InChI is InChI=1S/C48H30N2O/c1-2-11-31(12-3-1)32-23-25-33(26-24-32)35-17-8-18-36(27-35)37-19-9-20-40(28-37)46-45-43-29-38-14-4-5-15-39(38)30-44(43)51-48(45)50-47(49-46)42-22-10-16-34-13-6-7-21-41(34)42/h1-30H. The average molecular weight is 651 g/mol. The third-order valence-corrected chi connectivity index (χ3v) is 9.89. The highest BCUT2D eigenvalue weighted by atomic mass is 16.3. The highest BCUT2D eigenvalue weighted by molar-refractivity contribution is 6.14. The van der Waals surface area contributed by atoms with Crippen molar-refractivity contribution in [3.8, 4) is 56.0 Å². The number of nitrogens with zero attached hydrogens (tertiary/aromatic N) is 2. The third-order valence-electron chi connectivity index (χ3n) is 9.89. The molecule has 0 N–H and O–H groups in total. The maximum Gasteiger partial charge on any atom is 0.231 e. The molecule has 0 atom stereocenters. The Balaban J connectivity index is 1.13. The molecular formula is C48H30N2O. The lowest BCUT2D eigenvalue weighted by Crippen LogP contribution is -1.95. The van der Waals surface area contributed by atoms with E-state index in [1.54, 1.807) is 0 Å². The summed E-state index contributed by atoms with van der Waals surface area (Å²) in [6, 6.07) is 64.1. The molecule has 238 valence electrons. The van der Waals surface area contributed by atoms with Crippen LogP contribution in [0.4, 0.5) is 0 Å². The molecule has 0 saturated carbocycles. The van der Waals surface area contributed by atoms with Gasteiger partial charge in [-0.15, -0.1) is 0 Å². The number of hydrogen-bond acceptors (Lipinski definition) is 3. The molecule has 0 aliphatic rings. The van der Waals surface area contributed by atoms with Gasteiger partial charge in [0.25, 0.3) is 0 Å². The molecule has 10 rings (SSSR count). The first-order chi connectivity index (χ1) is 25.2. The van der Waals surface area contributed by atoms with Crippen LogP contribution >= 0.6 is 0 Å². The summed E-state index contributed by atoms with van der Waals surface area (Å²) >= 11 is 0. The van der Waals surface area contributed by atoms with Crippen molar-refractivity contribution in [2.45, 2.75) is 0 Å². The molecule has 0 radical (unpaired) electrons. The van der Waals surface area contributed by atoms with Crippen molar-refractivity contribution >= 4 is 43.6 Å². The summed E-state index contributed by atoms with van der Waals surface area (Å²) in [5, 5.41) is 6.46. The topological polar surface area (TPSA) is 38.9 Å². The second kappa shape index (κ2) is 11.9. The SMILES string of the molecule is c1ccc(-c2ccc(-c3cccc(-c4cccc(-c5nc(-c6cccc7ccccc67)nc6oc7cc8ccccc8cc7c56)c4)c3)cc2)cc1. The van der Waals surface area contributed by atoms with Crippen LogP contribution < -0.4 is 0 Å². The second-order valence-corrected chi connectivity index (χ2v) is 13.0. The van der Waals surface area contributed by atoms with Gasteiger partial charge in [-0.2, -0.15) is 4.98 Å². The van der Waals surface area contributed by atoms with Gasteiger partial charge in [-0.1, -0.05) is 158 Å². The molecule has 10 aromatic rings. The summed E-state index contributed by atoms with van der Waals surface area (Å²) in [7, 11) is 0. The van der Waals surface area contributed by atoms with Crippen molar-refractivity contribution < 1.29 is 4.42 Å². The molecule has 0 amide bonds. The first-order valence-electron chi connectivity index (χ1n) is 17.2. The molecule has 0 unspecified atom stereocenters. The Morgan fingerprint density at radius 1 is 0.353 bits per heavy atom. The van der Waals surface area contributed by atoms with E-state index in [2.05, 4.69) is 182 Å². The molecule has 0 aliphatic heterocycles. The minimum atomic E-state index is 0.583. The van der Waals surface area contributed by atoms with E-state index in [9.17, 15) is 0 Å². The Morgan fingerprint density at radius 3 is 1.65 bits per heavy atom. The van der Waals surface area contributed by atoms with E-state index in [0.29, 0.717) is 11.5 Å². The van der Waals surface area contributed by atoms with Gasteiger partial charge < -0.3 is 4.42 Å². The summed E-state index contributed by atoms with van der Waals surface area (Å²) in [5.74, 6) is 0.643. The fraction of sp³-hybridized carbons (Fsp3) is 0. The number of furan rings is 1. The fourth-order valence-electron chi connectivity index (χ4n) is 7.32. The Labute approximate surface area is 295 Å². The lowest BCUT2D eigenvalue weighted by Gasteiger charge is -2.11. The largest absolute Gasteiger partial charge is 0.438 e. The van der Waals surface area contributed by atoms with Gasteiger partial charge in [0.1, 0.15) is 5.58 Å². The summed E-state index contributed by atoms with van der Waals surface area (Å²) in [5.41, 5.74) is 11.3. The number of benzene rings is 8. The quantitative estimate of drug-likeness (QED) is 0.186. The molecule has 2 aromatic heterocycles. The van der Waals surface area contributed by atoms with Crippen LogP contribution in [0.1, 0.15) is 0 Å². The molecule has 2 heterocycles. The van der Waals surface area contributed by atoms with E-state index < -0.39 is 0 Å². The first kappa shape index (κ1) is 29.1. The van der Waals surface area contributed by atoms with Crippen LogP contribution in [0.5, 0.6) is 0 Å². The Bertz CT molecular complexity index is 2900. The number of fused-ring (bicyclic) bond motifs is 5. The summed E-state index contributed by atoms with van der Waals surface area (Å²) in [6.07, 6.45) is 0. The molecule has 0 bridgehead atoms. The van der Waals surface area contributed by atoms with Gasteiger partial charge in [-0.25, -0.2) is 4.98 Å². The lowest BCUT2D eigenvalue weighted by molar-refractivity contribution is 0.654. The molecule has 0 aliphatic carbocycles. The molecule has 0 fully saturated rings. The van der Waals surface area contributed by atoms with E-state index in [-0.39, 0.29) is 0 Å². The molecular weight excluding hydrogens is 621 g/mol. The zero-order valence-corrected chi connectivity index (χ0v) is 27.6. The van der Waals surface area contributed by atoms with Gasteiger partial charge >= 0.3 is 0 Å². The normalized spacial score (nSPS) is 11.5. The van der Waals surface area contributed by atoms with Gasteiger partial charge in [-0.3, -0.25) is 0 Å². The van der Waals surface area contributed by atoms with Crippen molar-refractivity contribution in [2.75, 3.05) is 0 Å². The second-order valence-electron chi connectivity index (χ2n) is 13.0. The van der Waals surface area contributed by atoms with Crippen molar-refractivity contribution in [3.63, 3.8) is 0 Å². The predicted molar refractivity (Wildman–Crippen MR) is 212 cm³/mol. The van der Waals surface area contributed by atoms with Crippen LogP contribution in [0.2, 0.25) is 0 Å². The molecule has 3 heteroatoms. The number of aromatic nitrogens is 2. The van der Waals surface area contributed by atoms with Crippen LogP contribution in [0, 0.1) is 0 Å². The highest BCUT2D eigenvalue weighted by Crippen LogP contribution is 2.40. The Kier molecular flexibility index (Phi) is 6.81. The zero-order chi connectivity index (χ0) is 33.7. The maximum atomic E-state index is 6.56. The lowest BCUT2D eigenvalue weighted by atomic mass is 9.95. The van der Waals surface area contributed by atoms with E-state index in [4.69, 9.17) is 14.4 Å². The van der Waals surface area contributed by atoms with E-state index in [0.717, 1.165) is 65.8 Å². The van der Waals surface area contributed by atoms with E-state index >= 15 is 0 Å². The van der Waals surface area contributed by atoms with Gasteiger partial charge in [0, 0.05) is 16.5 Å². The van der Waals surface area contributed by atoms with E-state index in [1.807, 2.05) is 0 Å². The minimum Gasteiger partial charge on any atom is -0.438 e. The maximum absolute atomic E-state index is 6.56. The Hall–Kier alpha value is -6.84. The average Bonchev–Trinajstić information content (AvgIpc) is 3.57. The summed E-state index contributed by atoms with van der Waals surface area (Å²) in [6.45, 7) is 0. The highest BCUT2D eigenvalue weighted by Gasteiger charge is 2.20. The van der Waals surface area contributed by atoms with Crippen molar-refractivity contribution in [1.82, 2.24) is 9.97 Å². The zero-order valence-electron chi connectivity index (χ0n) is 27.6. The van der Waals surface area contributed by atoms with Crippen LogP contribution in [-0.2, 0) is 0 Å². The van der Waals surface area contributed by atoms with Crippen molar-refractivity contribution in [2.24, 2.45) is 0 Å². The monoisotopic (exact) mass is 650 g/mol. The summed E-state index contributed by atoms with van der Waals surface area (Å²) < 4.78 is 6.56. The van der Waals surface area contributed by atoms with Crippen LogP contribution in [0.15, 0.2) is 186 Å². The summed E-state index contributed by atoms with van der Waals surface area (Å²) in [4.78, 5) is 10.4. The van der Waals surface area contributed by atoms with E-state index in [1.165, 1.54) is 22.3 Å². The molecule has 8 aromatic carbocycles. The van der Waals surface area contributed by atoms with Gasteiger partial charge in [0.15, 0.2) is 5.82 Å². The fourth-order valence-corrected chi connectivity index (χ4v) is 7.32.